The Morgan fingerprint density at radius 2 is 1.17 bits per heavy atom. The fourth-order valence-electron chi connectivity index (χ4n) is 7.02. The molecule has 0 aromatic carbocycles. The summed E-state index contributed by atoms with van der Waals surface area (Å²) < 4.78 is 7.51. The number of carboxylic acid groups (broad SMARTS) is 1. The van der Waals surface area contributed by atoms with Crippen molar-refractivity contribution in [1.82, 2.24) is 19.1 Å². The van der Waals surface area contributed by atoms with Crippen molar-refractivity contribution in [3.63, 3.8) is 0 Å². The molecule has 0 saturated carbocycles. The molecule has 4 aliphatic rings. The van der Waals surface area contributed by atoms with Crippen molar-refractivity contribution in [3.05, 3.63) is 93.0 Å². The third-order valence-corrected chi connectivity index (χ3v) is 9.68. The summed E-state index contributed by atoms with van der Waals surface area (Å²) in [4.78, 5) is 89.3. The number of aromatic nitrogens is 4. The van der Waals surface area contributed by atoms with E-state index in [1.807, 2.05) is 0 Å². The molecule has 4 bridgehead atoms. The number of carboxylic acids is 1. The average Bonchev–Trinajstić information content (AvgIpc) is 3.77. The Kier molecular flexibility index (Phi) is 9.02. The lowest BCUT2D eigenvalue weighted by Crippen LogP contribution is -2.49. The van der Waals surface area contributed by atoms with Crippen molar-refractivity contribution in [2.45, 2.75) is 24.9 Å². The summed E-state index contributed by atoms with van der Waals surface area (Å²) in [6.45, 7) is 2.91. The van der Waals surface area contributed by atoms with Crippen LogP contribution in [0.2, 0.25) is 0 Å². The fraction of sp³-hybridized carbons (Fsp3) is 0.314. The molecule has 18 nitrogen and oxygen atoms in total. The van der Waals surface area contributed by atoms with Crippen LogP contribution in [0.4, 0.5) is 44.0 Å². The number of hydrogen-bond acceptors (Lipinski definition) is 11. The lowest BCUT2D eigenvalue weighted by Gasteiger charge is -2.35. The van der Waals surface area contributed by atoms with Crippen LogP contribution >= 0.6 is 0 Å². The molecule has 0 radical (unpaired) electrons. The molecule has 4 aromatic heterocycles. The second-order valence-corrected chi connectivity index (χ2v) is 12.9. The predicted molar refractivity (Wildman–Crippen MR) is 194 cm³/mol. The quantitative estimate of drug-likeness (QED) is 0.260. The minimum atomic E-state index is -1.15. The highest BCUT2D eigenvalue weighted by Crippen LogP contribution is 2.40. The Labute approximate surface area is 301 Å². The monoisotopic (exact) mass is 724 g/mol. The van der Waals surface area contributed by atoms with Crippen molar-refractivity contribution in [2.75, 3.05) is 63.5 Å². The first-order valence-corrected chi connectivity index (χ1v) is 16.8. The topological polar surface area (TPSA) is 205 Å². The van der Waals surface area contributed by atoms with Crippen LogP contribution in [0.5, 0.6) is 0 Å². The van der Waals surface area contributed by atoms with Gasteiger partial charge in [0.05, 0.1) is 30.6 Å². The van der Waals surface area contributed by atoms with E-state index in [0.29, 0.717) is 24.7 Å². The summed E-state index contributed by atoms with van der Waals surface area (Å²) in [5.41, 5.74) is 1.25. The van der Waals surface area contributed by atoms with Crippen molar-refractivity contribution in [3.8, 4) is 0 Å². The molecule has 0 spiro atoms. The molecular formula is C35H36N10O8. The van der Waals surface area contributed by atoms with E-state index in [2.05, 4.69) is 30.4 Å². The smallest absolute Gasteiger partial charge is 0.356 e. The number of aryl methyl sites for hydroxylation is 2. The number of rotatable bonds is 4. The van der Waals surface area contributed by atoms with E-state index in [1.165, 1.54) is 38.2 Å². The van der Waals surface area contributed by atoms with Gasteiger partial charge in [0, 0.05) is 52.7 Å². The Morgan fingerprint density at radius 3 is 1.62 bits per heavy atom. The van der Waals surface area contributed by atoms with Gasteiger partial charge < -0.3 is 39.4 Å². The van der Waals surface area contributed by atoms with Crippen LogP contribution in [-0.2, 0) is 18.8 Å². The van der Waals surface area contributed by atoms with Crippen LogP contribution in [-0.4, -0.2) is 93.6 Å². The molecule has 2 saturated heterocycles. The highest BCUT2D eigenvalue weighted by molar-refractivity contribution is 6.06. The number of urea groups is 2. The number of anilines is 6. The Bertz CT molecular complexity index is 2270. The summed E-state index contributed by atoms with van der Waals surface area (Å²) in [5.74, 6) is -1.01. The minimum absolute atomic E-state index is 0.0783. The summed E-state index contributed by atoms with van der Waals surface area (Å²) in [6, 6.07) is 11.8. The van der Waals surface area contributed by atoms with Gasteiger partial charge in [0.15, 0.2) is 23.0 Å². The van der Waals surface area contributed by atoms with Gasteiger partial charge in [-0.3, -0.25) is 19.4 Å². The van der Waals surface area contributed by atoms with Crippen LogP contribution in [0, 0.1) is 0 Å². The van der Waals surface area contributed by atoms with Crippen molar-refractivity contribution in [1.29, 1.82) is 0 Å². The number of methoxy groups -OCH3 is 1. The maximum atomic E-state index is 13.0. The number of fused-ring (bicyclic) bond motifs is 8. The molecule has 53 heavy (non-hydrogen) atoms. The lowest BCUT2D eigenvalue weighted by atomic mass is 10.1. The number of hydrogen-bond donors (Lipinski definition) is 3. The number of ether oxygens (including phenoxy) is 1. The number of amides is 4. The normalized spacial score (nSPS) is 17.6. The number of nitrogens with zero attached hydrogens (tertiary/aromatic N) is 8. The molecule has 4 aromatic rings. The highest BCUT2D eigenvalue weighted by atomic mass is 16.5. The first-order chi connectivity index (χ1) is 25.4. The highest BCUT2D eigenvalue weighted by Gasteiger charge is 2.42. The molecule has 2 atom stereocenters. The molecule has 8 heterocycles. The zero-order chi connectivity index (χ0) is 37.6. The van der Waals surface area contributed by atoms with E-state index < -0.39 is 24.0 Å². The van der Waals surface area contributed by atoms with E-state index in [-0.39, 0.29) is 46.0 Å². The van der Waals surface area contributed by atoms with Gasteiger partial charge in [0.1, 0.15) is 11.4 Å². The van der Waals surface area contributed by atoms with Crippen LogP contribution in [0.25, 0.3) is 0 Å². The lowest BCUT2D eigenvalue weighted by molar-refractivity contribution is 0.0593. The summed E-state index contributed by atoms with van der Waals surface area (Å²) in [5, 5.41) is 14.5. The molecule has 3 N–H and O–H groups in total. The molecule has 2 fully saturated rings. The van der Waals surface area contributed by atoms with Gasteiger partial charge in [-0.15, -0.1) is 0 Å². The van der Waals surface area contributed by atoms with Crippen LogP contribution in [0.15, 0.2) is 70.5 Å². The number of esters is 1. The third kappa shape index (κ3) is 6.38. The number of pyridine rings is 4. The van der Waals surface area contributed by atoms with Gasteiger partial charge in [0.2, 0.25) is 0 Å². The molecule has 18 heteroatoms. The number of carbonyl (C=O) groups is 4. The number of aromatic carboxylic acids is 1. The SMILES string of the molecule is COC(=O)c1ccc2c(n1)N(C(=O)Nc1cccn(C)c1=O)[C@H]1CCN2C1.Cn1cccc(NC(=O)N2c3nc(C(=O)O)ccc3N3CC[C@H]2C3)c1=O. The molecule has 274 valence electrons. The molecular weight excluding hydrogens is 688 g/mol. The van der Waals surface area contributed by atoms with Crippen molar-refractivity contribution < 1.29 is 29.0 Å². The predicted octanol–water partition coefficient (Wildman–Crippen LogP) is 2.31. The maximum Gasteiger partial charge on any atom is 0.356 e. The second kappa shape index (κ2) is 13.8. The Balaban J connectivity index is 0.000000164. The standard InChI is InChI=1S/C18H19N5O4.C17H17N5O4/c1-21-8-3-4-12(16(21)24)20-18(26)23-11-7-9-22(10-11)14-6-5-13(17(25)27-2)19-15(14)23;1-20-7-2-3-11(15(20)23)19-17(26)22-10-6-8-21(9-10)13-5-4-12(16(24)25)18-14(13)22/h3-6,8,11H,7,9-10H2,1-2H3,(H,20,26);2-5,7,10H,6,8-9H2,1H3,(H,19,26)(H,24,25)/t11-;10-/m00/s1. The molecule has 8 rings (SSSR count). The van der Waals surface area contributed by atoms with Gasteiger partial charge in [-0.05, 0) is 61.4 Å². The Morgan fingerprint density at radius 1 is 0.717 bits per heavy atom. The molecule has 0 aliphatic carbocycles. The number of nitrogens with one attached hydrogen (secondary N) is 2. The largest absolute Gasteiger partial charge is 0.477 e. The first-order valence-electron chi connectivity index (χ1n) is 16.8. The Hall–Kier alpha value is -6.72. The van der Waals surface area contributed by atoms with Crippen LogP contribution in [0.1, 0.15) is 33.8 Å². The van der Waals surface area contributed by atoms with Gasteiger partial charge in [0.25, 0.3) is 11.1 Å². The molecule has 0 unspecified atom stereocenters. The van der Waals surface area contributed by atoms with E-state index >= 15 is 0 Å². The molecule has 4 aliphatic heterocycles. The van der Waals surface area contributed by atoms with Crippen molar-refractivity contribution in [2.24, 2.45) is 14.1 Å². The number of carbonyl (C=O) groups excluding carboxylic acids is 3. The summed E-state index contributed by atoms with van der Waals surface area (Å²) >= 11 is 0. The second-order valence-electron chi connectivity index (χ2n) is 12.9. The third-order valence-electron chi connectivity index (χ3n) is 9.68. The van der Waals surface area contributed by atoms with Gasteiger partial charge >= 0.3 is 24.0 Å². The zero-order valence-electron chi connectivity index (χ0n) is 29.1. The maximum absolute atomic E-state index is 13.0. The fourth-order valence-corrected chi connectivity index (χ4v) is 7.02. The average molecular weight is 725 g/mol. The summed E-state index contributed by atoms with van der Waals surface area (Å²) in [7, 11) is 4.50. The van der Waals surface area contributed by atoms with E-state index in [9.17, 15) is 33.9 Å². The van der Waals surface area contributed by atoms with Crippen LogP contribution < -0.4 is 41.4 Å². The van der Waals surface area contributed by atoms with E-state index in [4.69, 9.17) is 4.74 Å². The summed E-state index contributed by atoms with van der Waals surface area (Å²) in [6.07, 6.45) is 4.75. The van der Waals surface area contributed by atoms with Crippen LogP contribution in [0.3, 0.4) is 0 Å². The van der Waals surface area contributed by atoms with Gasteiger partial charge in [-0.2, -0.15) is 0 Å². The van der Waals surface area contributed by atoms with E-state index in [0.717, 1.165) is 37.3 Å². The molecule has 4 amide bonds. The first kappa shape index (κ1) is 34.7. The van der Waals surface area contributed by atoms with Gasteiger partial charge in [-0.1, -0.05) is 0 Å². The zero-order valence-corrected chi connectivity index (χ0v) is 29.1. The van der Waals surface area contributed by atoms with Gasteiger partial charge in [-0.25, -0.2) is 29.1 Å². The van der Waals surface area contributed by atoms with E-state index in [1.54, 1.807) is 62.9 Å². The van der Waals surface area contributed by atoms with Crippen molar-refractivity contribution >= 4 is 58.4 Å². The minimum Gasteiger partial charge on any atom is -0.477 e.